The topological polar surface area (TPSA) is 57.5 Å². The Morgan fingerprint density at radius 2 is 2.10 bits per heavy atom. The van der Waals surface area contributed by atoms with E-state index in [2.05, 4.69) is 0 Å². The van der Waals surface area contributed by atoms with E-state index in [4.69, 9.17) is 10.2 Å². The number of carboxylic acids is 1. The SMILES string of the molecule is CC(C)CSC(O)C(=O)O. The second kappa shape index (κ2) is 4.57. The number of rotatable bonds is 4. The lowest BCUT2D eigenvalue weighted by atomic mass is 10.3. The molecule has 4 heteroatoms. The molecule has 0 aliphatic carbocycles. The Labute approximate surface area is 64.4 Å². The van der Waals surface area contributed by atoms with Crippen molar-refractivity contribution in [3.63, 3.8) is 0 Å². The first kappa shape index (κ1) is 9.78. The van der Waals surface area contributed by atoms with Gasteiger partial charge in [0, 0.05) is 0 Å². The van der Waals surface area contributed by atoms with Gasteiger partial charge in [-0.1, -0.05) is 13.8 Å². The second-order valence-corrected chi connectivity index (χ2v) is 3.53. The number of aliphatic hydroxyl groups is 1. The van der Waals surface area contributed by atoms with Crippen molar-refractivity contribution < 1.29 is 15.0 Å². The summed E-state index contributed by atoms with van der Waals surface area (Å²) < 4.78 is 0. The first-order valence-electron chi connectivity index (χ1n) is 3.06. The van der Waals surface area contributed by atoms with Crippen LogP contribution < -0.4 is 0 Å². The first-order chi connectivity index (χ1) is 4.54. The maximum atomic E-state index is 10.0. The summed E-state index contributed by atoms with van der Waals surface area (Å²) in [6.07, 6.45) is 0. The summed E-state index contributed by atoms with van der Waals surface area (Å²) in [5.41, 5.74) is -1.26. The average Bonchev–Trinajstić information content (AvgIpc) is 1.82. The maximum Gasteiger partial charge on any atom is 0.343 e. The van der Waals surface area contributed by atoms with Gasteiger partial charge < -0.3 is 10.2 Å². The molecule has 0 fully saturated rings. The molecule has 0 aliphatic heterocycles. The highest BCUT2D eigenvalue weighted by Gasteiger charge is 2.13. The van der Waals surface area contributed by atoms with Crippen molar-refractivity contribution in [1.82, 2.24) is 0 Å². The fourth-order valence-electron chi connectivity index (χ4n) is 0.355. The van der Waals surface area contributed by atoms with Crippen LogP contribution >= 0.6 is 11.8 Å². The number of hydrogen-bond donors (Lipinski definition) is 2. The van der Waals surface area contributed by atoms with Gasteiger partial charge in [-0.25, -0.2) is 4.79 Å². The molecule has 0 aromatic rings. The minimum absolute atomic E-state index is 0.416. The van der Waals surface area contributed by atoms with Gasteiger partial charge in [-0.15, -0.1) is 11.8 Å². The quantitative estimate of drug-likeness (QED) is 0.603. The Morgan fingerprint density at radius 3 is 2.40 bits per heavy atom. The molecule has 0 radical (unpaired) electrons. The molecule has 60 valence electrons. The van der Waals surface area contributed by atoms with E-state index >= 15 is 0 Å². The van der Waals surface area contributed by atoms with Crippen LogP contribution in [-0.4, -0.2) is 27.4 Å². The molecule has 0 saturated heterocycles. The molecule has 0 amide bonds. The third-order valence-electron chi connectivity index (χ3n) is 0.799. The Kier molecular flexibility index (Phi) is 4.47. The van der Waals surface area contributed by atoms with Crippen LogP contribution in [0.1, 0.15) is 13.8 Å². The number of hydrogen-bond acceptors (Lipinski definition) is 3. The van der Waals surface area contributed by atoms with Gasteiger partial charge in [0.05, 0.1) is 0 Å². The van der Waals surface area contributed by atoms with Gasteiger partial charge in [0.1, 0.15) is 0 Å². The van der Waals surface area contributed by atoms with Crippen molar-refractivity contribution in [3.8, 4) is 0 Å². The molecular weight excluding hydrogens is 152 g/mol. The van der Waals surface area contributed by atoms with Gasteiger partial charge in [0.15, 0.2) is 5.44 Å². The molecule has 1 unspecified atom stereocenters. The normalized spacial score (nSPS) is 13.6. The van der Waals surface area contributed by atoms with Crippen molar-refractivity contribution in [1.29, 1.82) is 0 Å². The Morgan fingerprint density at radius 1 is 1.60 bits per heavy atom. The highest BCUT2D eigenvalue weighted by Crippen LogP contribution is 2.12. The number of aliphatic carboxylic acids is 1. The molecule has 0 aliphatic rings. The number of thioether (sulfide) groups is 1. The number of carbonyl (C=O) groups is 1. The van der Waals surface area contributed by atoms with Crippen molar-refractivity contribution in [3.05, 3.63) is 0 Å². The summed E-state index contributed by atoms with van der Waals surface area (Å²) in [5, 5.41) is 17.0. The largest absolute Gasteiger partial charge is 0.479 e. The summed E-state index contributed by atoms with van der Waals surface area (Å²) >= 11 is 1.05. The molecule has 0 spiro atoms. The van der Waals surface area contributed by atoms with Gasteiger partial charge in [-0.2, -0.15) is 0 Å². The molecule has 1 atom stereocenters. The molecule has 0 bridgehead atoms. The van der Waals surface area contributed by atoms with Gasteiger partial charge in [0.2, 0.25) is 0 Å². The third-order valence-corrected chi connectivity index (χ3v) is 2.18. The summed E-state index contributed by atoms with van der Waals surface area (Å²) in [6.45, 7) is 3.95. The second-order valence-electron chi connectivity index (χ2n) is 2.42. The highest BCUT2D eigenvalue weighted by atomic mass is 32.2. The zero-order valence-corrected chi connectivity index (χ0v) is 6.89. The van der Waals surface area contributed by atoms with E-state index in [1.54, 1.807) is 0 Å². The zero-order valence-electron chi connectivity index (χ0n) is 6.07. The first-order valence-corrected chi connectivity index (χ1v) is 4.11. The highest BCUT2D eigenvalue weighted by molar-refractivity contribution is 8.00. The lowest BCUT2D eigenvalue weighted by molar-refractivity contribution is -0.141. The smallest absolute Gasteiger partial charge is 0.343 e. The molecule has 2 N–H and O–H groups in total. The van der Waals surface area contributed by atoms with Crippen LogP contribution in [0.15, 0.2) is 0 Å². The van der Waals surface area contributed by atoms with E-state index in [1.165, 1.54) is 0 Å². The minimum atomic E-state index is -1.26. The maximum absolute atomic E-state index is 10.0. The van der Waals surface area contributed by atoms with Gasteiger partial charge in [-0.3, -0.25) is 0 Å². The zero-order chi connectivity index (χ0) is 8.15. The van der Waals surface area contributed by atoms with Crippen LogP contribution in [0.25, 0.3) is 0 Å². The Hall–Kier alpha value is -0.220. The predicted octanol–water partition coefficient (Wildman–Crippen LogP) is 0.779. The van der Waals surface area contributed by atoms with Crippen molar-refractivity contribution in [2.45, 2.75) is 19.3 Å². The Balaban J connectivity index is 3.40. The van der Waals surface area contributed by atoms with Crippen molar-refractivity contribution in [2.75, 3.05) is 5.75 Å². The van der Waals surface area contributed by atoms with Gasteiger partial charge in [0.25, 0.3) is 0 Å². The standard InChI is InChI=1S/C6H12O3S/c1-4(2)3-10-6(9)5(7)8/h4,6,9H,3H2,1-2H3,(H,7,8). The summed E-state index contributed by atoms with van der Waals surface area (Å²) in [7, 11) is 0. The van der Waals surface area contributed by atoms with Crippen LogP contribution in [0, 0.1) is 5.92 Å². The summed E-state index contributed by atoms with van der Waals surface area (Å²) in [5.74, 6) is -0.0716. The molecule has 3 nitrogen and oxygen atoms in total. The van der Waals surface area contributed by atoms with Gasteiger partial charge >= 0.3 is 5.97 Å². The molecular formula is C6H12O3S. The third kappa shape index (κ3) is 4.64. The summed E-state index contributed by atoms with van der Waals surface area (Å²) in [6, 6.07) is 0. The molecule has 10 heavy (non-hydrogen) atoms. The van der Waals surface area contributed by atoms with E-state index in [0.717, 1.165) is 11.8 Å². The van der Waals surface area contributed by atoms with Crippen LogP contribution in [0.5, 0.6) is 0 Å². The van der Waals surface area contributed by atoms with E-state index in [1.807, 2.05) is 13.8 Å². The molecule has 0 saturated carbocycles. The lowest BCUT2D eigenvalue weighted by Gasteiger charge is -2.06. The van der Waals surface area contributed by atoms with E-state index in [9.17, 15) is 4.79 Å². The van der Waals surface area contributed by atoms with Crippen LogP contribution in [-0.2, 0) is 4.79 Å². The molecule has 0 heterocycles. The molecule has 0 aromatic carbocycles. The van der Waals surface area contributed by atoms with E-state index in [-0.39, 0.29) is 0 Å². The van der Waals surface area contributed by atoms with E-state index < -0.39 is 11.4 Å². The lowest BCUT2D eigenvalue weighted by Crippen LogP contribution is -2.16. The Bertz CT molecular complexity index is 114. The van der Waals surface area contributed by atoms with E-state index in [0.29, 0.717) is 11.7 Å². The van der Waals surface area contributed by atoms with Gasteiger partial charge in [-0.05, 0) is 11.7 Å². The number of aliphatic hydroxyl groups excluding tert-OH is 1. The molecule has 0 aromatic heterocycles. The molecule has 0 rings (SSSR count). The van der Waals surface area contributed by atoms with Crippen molar-refractivity contribution >= 4 is 17.7 Å². The minimum Gasteiger partial charge on any atom is -0.479 e. The average molecular weight is 164 g/mol. The van der Waals surface area contributed by atoms with Crippen LogP contribution in [0.2, 0.25) is 0 Å². The predicted molar refractivity (Wildman–Crippen MR) is 40.9 cm³/mol. The monoisotopic (exact) mass is 164 g/mol. The number of carboxylic acid groups (broad SMARTS) is 1. The van der Waals surface area contributed by atoms with Crippen molar-refractivity contribution in [2.24, 2.45) is 5.92 Å². The van der Waals surface area contributed by atoms with Crippen LogP contribution in [0.3, 0.4) is 0 Å². The fraction of sp³-hybridized carbons (Fsp3) is 0.833. The van der Waals surface area contributed by atoms with Crippen LogP contribution in [0.4, 0.5) is 0 Å². The summed E-state index contributed by atoms with van der Waals surface area (Å²) in [4.78, 5) is 10.0. The fourth-order valence-corrected chi connectivity index (χ4v) is 1.06.